The number of thioether (sulfide) groups is 1. The number of carbonyl (C=O) groups is 1. The lowest BCUT2D eigenvalue weighted by Gasteiger charge is -2.17. The van der Waals surface area contributed by atoms with Gasteiger partial charge in [0.2, 0.25) is 5.16 Å². The van der Waals surface area contributed by atoms with Crippen molar-refractivity contribution in [1.82, 2.24) is 28.8 Å². The van der Waals surface area contributed by atoms with Gasteiger partial charge in [-0.1, -0.05) is 43.8 Å². The van der Waals surface area contributed by atoms with Crippen molar-refractivity contribution in [3.05, 3.63) is 30.3 Å². The average molecular weight is 382 g/mol. The molecule has 0 radical (unpaired) electrons. The predicted octanol–water partition coefficient (Wildman–Crippen LogP) is 0.755. The smallest absolute Gasteiger partial charge is 0.272 e. The normalized spacial score (nSPS) is 20.6. The van der Waals surface area contributed by atoms with Crippen LogP contribution in [0.25, 0.3) is 5.69 Å². The van der Waals surface area contributed by atoms with Crippen molar-refractivity contribution in [1.29, 1.82) is 0 Å². The van der Waals surface area contributed by atoms with Crippen LogP contribution >= 0.6 is 11.8 Å². The Morgan fingerprint density at radius 1 is 1.24 bits per heavy atom. The second kappa shape index (κ2) is 6.73. The Morgan fingerprint density at radius 2 is 1.92 bits per heavy atom. The van der Waals surface area contributed by atoms with E-state index in [2.05, 4.69) is 15.5 Å². The maximum absolute atomic E-state index is 12.5. The summed E-state index contributed by atoms with van der Waals surface area (Å²) >= 11 is 1.09. The van der Waals surface area contributed by atoms with E-state index >= 15 is 0 Å². The molecule has 1 unspecified atom stereocenters. The molecule has 0 spiro atoms. The van der Waals surface area contributed by atoms with Gasteiger partial charge in [-0.15, -0.1) is 5.10 Å². The van der Waals surface area contributed by atoms with E-state index in [1.54, 1.807) is 0 Å². The van der Waals surface area contributed by atoms with E-state index in [-0.39, 0.29) is 11.8 Å². The lowest BCUT2D eigenvalue weighted by atomic mass is 10.0. The number of benzene rings is 1. The fourth-order valence-corrected chi connectivity index (χ4v) is 5.34. The number of nitrogens with zero attached hydrogens (tertiary/aromatic N) is 6. The van der Waals surface area contributed by atoms with Crippen LogP contribution in [0.15, 0.2) is 35.5 Å². The van der Waals surface area contributed by atoms with Gasteiger partial charge < -0.3 is 0 Å². The van der Waals surface area contributed by atoms with Crippen LogP contribution in [-0.2, 0) is 15.0 Å². The number of likely N-dealkylation sites (N-methyl/N-ethyl adjacent to an activating group) is 1. The highest BCUT2D eigenvalue weighted by atomic mass is 32.2. The van der Waals surface area contributed by atoms with Crippen LogP contribution in [0.1, 0.15) is 13.8 Å². The van der Waals surface area contributed by atoms with Crippen LogP contribution in [-0.4, -0.2) is 62.1 Å². The topological polar surface area (TPSA) is 101 Å². The van der Waals surface area contributed by atoms with Gasteiger partial charge in [0.15, 0.2) is 0 Å². The fraction of sp³-hybridized carbons (Fsp3) is 0.429. The highest BCUT2D eigenvalue weighted by Crippen LogP contribution is 2.30. The van der Waals surface area contributed by atoms with Crippen LogP contribution in [0.3, 0.4) is 0 Å². The van der Waals surface area contributed by atoms with Crippen LogP contribution in [0, 0.1) is 5.92 Å². The highest BCUT2D eigenvalue weighted by Gasteiger charge is 2.49. The molecule has 11 heteroatoms. The Labute approximate surface area is 150 Å². The molecular weight excluding hydrogens is 364 g/mol. The van der Waals surface area contributed by atoms with E-state index in [4.69, 9.17) is 0 Å². The molecule has 0 N–H and O–H groups in total. The van der Waals surface area contributed by atoms with Gasteiger partial charge in [-0.25, -0.2) is 4.31 Å². The summed E-state index contributed by atoms with van der Waals surface area (Å²) in [7, 11) is -2.39. The van der Waals surface area contributed by atoms with Gasteiger partial charge in [-0.3, -0.25) is 4.79 Å². The molecule has 1 saturated heterocycles. The minimum atomic E-state index is -3.82. The molecule has 25 heavy (non-hydrogen) atoms. The molecule has 0 saturated carbocycles. The highest BCUT2D eigenvalue weighted by molar-refractivity contribution is 8.00. The number of carbonyl (C=O) groups excluding carboxylic acids is 1. The van der Waals surface area contributed by atoms with E-state index in [0.29, 0.717) is 5.16 Å². The largest absolute Gasteiger partial charge is 0.307 e. The molecule has 1 atom stereocenters. The van der Waals surface area contributed by atoms with Crippen LogP contribution in [0.2, 0.25) is 0 Å². The van der Waals surface area contributed by atoms with Gasteiger partial charge in [0, 0.05) is 7.05 Å². The third kappa shape index (κ3) is 3.14. The Morgan fingerprint density at radius 3 is 2.52 bits per heavy atom. The van der Waals surface area contributed by atoms with E-state index in [9.17, 15) is 13.2 Å². The summed E-state index contributed by atoms with van der Waals surface area (Å²) in [6.07, 6.45) is 0. The number of para-hydroxylation sites is 1. The molecule has 1 fully saturated rings. The first-order valence-electron chi connectivity index (χ1n) is 7.60. The molecule has 1 aliphatic heterocycles. The molecule has 1 aromatic heterocycles. The Hall–Kier alpha value is -1.98. The minimum absolute atomic E-state index is 0.0814. The molecule has 134 valence electrons. The molecule has 1 aromatic carbocycles. The van der Waals surface area contributed by atoms with Crippen LogP contribution in [0.4, 0.5) is 0 Å². The van der Waals surface area contributed by atoms with Gasteiger partial charge in [0.05, 0.1) is 11.6 Å². The first kappa shape index (κ1) is 17.8. The number of rotatable bonds is 5. The molecule has 2 heterocycles. The monoisotopic (exact) mass is 382 g/mol. The third-order valence-corrected chi connectivity index (χ3v) is 6.80. The van der Waals surface area contributed by atoms with Gasteiger partial charge in [-0.05, 0) is 28.5 Å². The zero-order valence-electron chi connectivity index (χ0n) is 14.0. The summed E-state index contributed by atoms with van der Waals surface area (Å²) in [4.78, 5) is 12.5. The maximum Gasteiger partial charge on any atom is 0.307 e. The van der Waals surface area contributed by atoms with E-state index < -0.39 is 22.2 Å². The van der Waals surface area contributed by atoms with Crippen molar-refractivity contribution in [3.63, 3.8) is 0 Å². The number of aromatic nitrogens is 4. The van der Waals surface area contributed by atoms with Crippen molar-refractivity contribution in [3.8, 4) is 5.69 Å². The summed E-state index contributed by atoms with van der Waals surface area (Å²) in [5.41, 5.74) is 0.753. The van der Waals surface area contributed by atoms with Crippen molar-refractivity contribution in [2.45, 2.75) is 25.0 Å². The van der Waals surface area contributed by atoms with E-state index in [1.165, 1.54) is 11.7 Å². The summed E-state index contributed by atoms with van der Waals surface area (Å²) in [6.45, 7) is 3.64. The van der Waals surface area contributed by atoms with Crippen molar-refractivity contribution >= 4 is 27.9 Å². The summed E-state index contributed by atoms with van der Waals surface area (Å²) in [6, 6.07) is 8.56. The average Bonchev–Trinajstić information content (AvgIpc) is 3.09. The molecule has 0 bridgehead atoms. The van der Waals surface area contributed by atoms with Gasteiger partial charge in [-0.2, -0.15) is 17.4 Å². The first-order chi connectivity index (χ1) is 11.8. The molecule has 0 aliphatic carbocycles. The fourth-order valence-electron chi connectivity index (χ4n) is 2.67. The predicted molar refractivity (Wildman–Crippen MR) is 92.0 cm³/mol. The van der Waals surface area contributed by atoms with Crippen molar-refractivity contribution < 1.29 is 13.2 Å². The standard InChI is InChI=1S/C14H18N6O3S2/c1-10(2)12-13(21)19(25(22,23)18(12)3)9-24-14-15-16-17-20(14)11-7-5-4-6-8-11/h4-8,10,12H,9H2,1-3H3. The summed E-state index contributed by atoms with van der Waals surface area (Å²) in [5.74, 6) is -0.622. The van der Waals surface area contributed by atoms with Crippen molar-refractivity contribution in [2.24, 2.45) is 5.92 Å². The molecule has 1 amide bonds. The first-order valence-corrected chi connectivity index (χ1v) is 9.98. The molecule has 9 nitrogen and oxygen atoms in total. The molecular formula is C14H18N6O3S2. The van der Waals surface area contributed by atoms with Crippen LogP contribution < -0.4 is 0 Å². The zero-order chi connectivity index (χ0) is 18.2. The lowest BCUT2D eigenvalue weighted by molar-refractivity contribution is -0.128. The minimum Gasteiger partial charge on any atom is -0.272 e. The Bertz CT molecular complexity index is 868. The van der Waals surface area contributed by atoms with Crippen LogP contribution in [0.5, 0.6) is 0 Å². The zero-order valence-corrected chi connectivity index (χ0v) is 15.6. The summed E-state index contributed by atoms with van der Waals surface area (Å²) in [5, 5.41) is 11.9. The number of hydrogen-bond acceptors (Lipinski definition) is 7. The van der Waals surface area contributed by atoms with Gasteiger partial charge >= 0.3 is 10.2 Å². The quantitative estimate of drug-likeness (QED) is 0.704. The summed E-state index contributed by atoms with van der Waals surface area (Å²) < 4.78 is 28.5. The maximum atomic E-state index is 12.5. The lowest BCUT2D eigenvalue weighted by Crippen LogP contribution is -2.36. The number of hydrogen-bond donors (Lipinski definition) is 0. The van der Waals surface area contributed by atoms with Gasteiger partial charge in [0.25, 0.3) is 5.91 Å². The number of tetrazole rings is 1. The molecule has 1 aliphatic rings. The molecule has 3 rings (SSSR count). The SMILES string of the molecule is CC(C)C1C(=O)N(CSc2nnnn2-c2ccccc2)S(=O)(=O)N1C. The Balaban J connectivity index is 1.81. The van der Waals surface area contributed by atoms with Crippen molar-refractivity contribution in [2.75, 3.05) is 12.9 Å². The van der Waals surface area contributed by atoms with E-state index in [1.807, 2.05) is 44.2 Å². The second-order valence-corrected chi connectivity index (χ2v) is 8.71. The van der Waals surface area contributed by atoms with E-state index in [0.717, 1.165) is 26.1 Å². The Kier molecular flexibility index (Phi) is 4.80. The third-order valence-electron chi connectivity index (χ3n) is 3.92. The molecule has 2 aromatic rings. The second-order valence-electron chi connectivity index (χ2n) is 5.88. The number of amides is 1. The van der Waals surface area contributed by atoms with Gasteiger partial charge in [0.1, 0.15) is 6.04 Å².